The number of halogens is 1. The average Bonchev–Trinajstić information content (AvgIpc) is 3.30. The zero-order chi connectivity index (χ0) is 20.9. The second kappa shape index (κ2) is 8.86. The van der Waals surface area contributed by atoms with Crippen LogP contribution in [0.2, 0.25) is 0 Å². The zero-order valence-electron chi connectivity index (χ0n) is 16.4. The Morgan fingerprint density at radius 3 is 2.70 bits per heavy atom. The van der Waals surface area contributed by atoms with Gasteiger partial charge in [0.15, 0.2) is 0 Å². The molecule has 2 aromatic carbocycles. The average molecular weight is 407 g/mol. The fourth-order valence-corrected chi connectivity index (χ4v) is 3.56. The highest BCUT2D eigenvalue weighted by Crippen LogP contribution is 2.21. The molecule has 2 heterocycles. The molecule has 8 heteroatoms. The van der Waals surface area contributed by atoms with Crippen LogP contribution in [0.15, 0.2) is 61.2 Å². The van der Waals surface area contributed by atoms with Gasteiger partial charge in [-0.3, -0.25) is 9.59 Å². The lowest BCUT2D eigenvalue weighted by atomic mass is 9.96. The van der Waals surface area contributed by atoms with E-state index in [0.29, 0.717) is 31.5 Å². The first kappa shape index (κ1) is 19.8. The second-order valence-electron chi connectivity index (χ2n) is 7.33. The van der Waals surface area contributed by atoms with Crippen LogP contribution in [0.5, 0.6) is 0 Å². The summed E-state index contributed by atoms with van der Waals surface area (Å²) in [5, 5.41) is 7.03. The van der Waals surface area contributed by atoms with Crippen LogP contribution in [-0.4, -0.2) is 38.0 Å². The Hall–Kier alpha value is -3.55. The Morgan fingerprint density at radius 1 is 1.17 bits per heavy atom. The summed E-state index contributed by atoms with van der Waals surface area (Å²) in [5.41, 5.74) is 2.30. The Bertz CT molecular complexity index is 1020. The number of hydrogen-bond donors (Lipinski definition) is 1. The number of carbonyl (C=O) groups is 2. The van der Waals surface area contributed by atoms with Gasteiger partial charge in [-0.15, -0.1) is 0 Å². The van der Waals surface area contributed by atoms with Crippen molar-refractivity contribution in [2.45, 2.75) is 25.9 Å². The van der Waals surface area contributed by atoms with E-state index in [9.17, 15) is 14.0 Å². The lowest BCUT2D eigenvalue weighted by Crippen LogP contribution is -2.45. The fraction of sp³-hybridized carbons (Fsp3) is 0.273. The summed E-state index contributed by atoms with van der Waals surface area (Å²) in [5.74, 6) is -0.789. The molecule has 1 fully saturated rings. The minimum Gasteiger partial charge on any atom is -0.352 e. The van der Waals surface area contributed by atoms with Crippen molar-refractivity contribution in [1.82, 2.24) is 25.0 Å². The summed E-state index contributed by atoms with van der Waals surface area (Å²) >= 11 is 0. The van der Waals surface area contributed by atoms with Crippen molar-refractivity contribution in [3.63, 3.8) is 0 Å². The fourth-order valence-electron chi connectivity index (χ4n) is 3.56. The van der Waals surface area contributed by atoms with Crippen molar-refractivity contribution in [3.05, 3.63) is 78.1 Å². The second-order valence-corrected chi connectivity index (χ2v) is 7.33. The van der Waals surface area contributed by atoms with Gasteiger partial charge in [-0.25, -0.2) is 14.1 Å². The lowest BCUT2D eigenvalue weighted by molar-refractivity contribution is -0.139. The van der Waals surface area contributed by atoms with Crippen LogP contribution < -0.4 is 5.32 Å². The van der Waals surface area contributed by atoms with Crippen molar-refractivity contribution in [2.24, 2.45) is 5.92 Å². The van der Waals surface area contributed by atoms with E-state index < -0.39 is 0 Å². The van der Waals surface area contributed by atoms with E-state index in [4.69, 9.17) is 0 Å². The summed E-state index contributed by atoms with van der Waals surface area (Å²) in [4.78, 5) is 30.4. The van der Waals surface area contributed by atoms with E-state index in [1.165, 1.54) is 12.4 Å². The highest BCUT2D eigenvalue weighted by atomic mass is 19.1. The molecule has 0 aliphatic carbocycles. The largest absolute Gasteiger partial charge is 0.352 e. The monoisotopic (exact) mass is 407 g/mol. The van der Waals surface area contributed by atoms with Crippen LogP contribution in [0.4, 0.5) is 4.39 Å². The zero-order valence-corrected chi connectivity index (χ0v) is 16.4. The summed E-state index contributed by atoms with van der Waals surface area (Å²) in [7, 11) is 0. The van der Waals surface area contributed by atoms with Crippen molar-refractivity contribution in [2.75, 3.05) is 6.54 Å². The molecule has 0 bridgehead atoms. The molecule has 3 aromatic rings. The minimum absolute atomic E-state index is 0.0500. The predicted octanol–water partition coefficient (Wildman–Crippen LogP) is 2.46. The van der Waals surface area contributed by atoms with Crippen molar-refractivity contribution in [3.8, 4) is 5.69 Å². The van der Waals surface area contributed by atoms with Crippen LogP contribution in [-0.2, 0) is 22.7 Å². The molecule has 1 N–H and O–H groups in total. The molecule has 2 amide bonds. The number of piperidine rings is 1. The molecule has 1 aliphatic rings. The standard InChI is InChI=1S/C22H22FN5O2/c23-20-4-2-1-3-17(20)12-27-13-18(7-10-21(27)29)22(30)25-11-16-5-8-19(9-6-16)28-15-24-14-26-28/h1-6,8-9,14-15,18H,7,10-13H2,(H,25,30)/t18-/m0/s1. The molecule has 4 rings (SSSR count). The van der Waals surface area contributed by atoms with Gasteiger partial charge in [-0.05, 0) is 30.2 Å². The molecule has 0 spiro atoms. The van der Waals surface area contributed by atoms with Gasteiger partial charge >= 0.3 is 0 Å². The van der Waals surface area contributed by atoms with E-state index in [-0.39, 0.29) is 30.1 Å². The smallest absolute Gasteiger partial charge is 0.225 e. The number of nitrogens with one attached hydrogen (secondary N) is 1. The van der Waals surface area contributed by atoms with Crippen LogP contribution in [0.1, 0.15) is 24.0 Å². The van der Waals surface area contributed by atoms with Crippen LogP contribution >= 0.6 is 0 Å². The molecule has 154 valence electrons. The molecule has 1 aromatic heterocycles. The summed E-state index contributed by atoms with van der Waals surface area (Å²) in [6.07, 6.45) is 3.88. The quantitative estimate of drug-likeness (QED) is 0.681. The number of carbonyl (C=O) groups excluding carboxylic acids is 2. The highest BCUT2D eigenvalue weighted by molar-refractivity contribution is 5.83. The SMILES string of the molecule is O=C(NCc1ccc(-n2cncn2)cc1)[C@H]1CCC(=O)N(Cc2ccccc2F)C1. The van der Waals surface area contributed by atoms with Gasteiger partial charge in [-0.1, -0.05) is 30.3 Å². The van der Waals surface area contributed by atoms with Crippen molar-refractivity contribution >= 4 is 11.8 Å². The van der Waals surface area contributed by atoms with Crippen LogP contribution in [0.3, 0.4) is 0 Å². The predicted molar refractivity (Wildman–Crippen MR) is 108 cm³/mol. The number of nitrogens with zero attached hydrogens (tertiary/aromatic N) is 4. The summed E-state index contributed by atoms with van der Waals surface area (Å²) < 4.78 is 15.6. The van der Waals surface area contributed by atoms with Crippen molar-refractivity contribution < 1.29 is 14.0 Å². The summed E-state index contributed by atoms with van der Waals surface area (Å²) in [6, 6.07) is 14.1. The normalized spacial score (nSPS) is 16.5. The molecule has 1 saturated heterocycles. The third-order valence-corrected chi connectivity index (χ3v) is 5.28. The Balaban J connectivity index is 1.33. The number of aromatic nitrogens is 3. The van der Waals surface area contributed by atoms with E-state index in [1.807, 2.05) is 24.3 Å². The molecule has 1 aliphatic heterocycles. The molecule has 0 saturated carbocycles. The Labute approximate surface area is 173 Å². The molecule has 7 nitrogen and oxygen atoms in total. The maximum atomic E-state index is 13.9. The topological polar surface area (TPSA) is 80.1 Å². The third-order valence-electron chi connectivity index (χ3n) is 5.28. The van der Waals surface area contributed by atoms with E-state index in [0.717, 1.165) is 11.3 Å². The number of benzene rings is 2. The van der Waals surface area contributed by atoms with Crippen LogP contribution in [0, 0.1) is 11.7 Å². The number of rotatable bonds is 6. The minimum atomic E-state index is -0.341. The molecule has 0 unspecified atom stereocenters. The highest BCUT2D eigenvalue weighted by Gasteiger charge is 2.30. The first-order valence-corrected chi connectivity index (χ1v) is 9.83. The maximum absolute atomic E-state index is 13.9. The number of amides is 2. The Morgan fingerprint density at radius 2 is 1.97 bits per heavy atom. The first-order valence-electron chi connectivity index (χ1n) is 9.83. The van der Waals surface area contributed by atoms with Gasteiger partial charge in [-0.2, -0.15) is 5.10 Å². The molecule has 0 radical (unpaired) electrons. The maximum Gasteiger partial charge on any atom is 0.225 e. The number of hydrogen-bond acceptors (Lipinski definition) is 4. The first-order chi connectivity index (χ1) is 14.6. The summed E-state index contributed by atoms with van der Waals surface area (Å²) in [6.45, 7) is 0.873. The third kappa shape index (κ3) is 4.53. The van der Waals surface area contributed by atoms with E-state index in [1.54, 1.807) is 34.1 Å². The lowest BCUT2D eigenvalue weighted by Gasteiger charge is -2.32. The van der Waals surface area contributed by atoms with Gasteiger partial charge in [0.1, 0.15) is 18.5 Å². The molecule has 30 heavy (non-hydrogen) atoms. The van der Waals surface area contributed by atoms with Gasteiger partial charge < -0.3 is 10.2 Å². The molecule has 1 atom stereocenters. The van der Waals surface area contributed by atoms with Gasteiger partial charge in [0.2, 0.25) is 11.8 Å². The number of likely N-dealkylation sites (tertiary alicyclic amines) is 1. The van der Waals surface area contributed by atoms with Gasteiger partial charge in [0, 0.05) is 31.6 Å². The van der Waals surface area contributed by atoms with Crippen molar-refractivity contribution in [1.29, 1.82) is 0 Å². The molecular weight excluding hydrogens is 385 g/mol. The van der Waals surface area contributed by atoms with Crippen LogP contribution in [0.25, 0.3) is 5.69 Å². The van der Waals surface area contributed by atoms with Gasteiger partial charge in [0.05, 0.1) is 11.6 Å². The van der Waals surface area contributed by atoms with Gasteiger partial charge in [0.25, 0.3) is 0 Å². The van der Waals surface area contributed by atoms with E-state index in [2.05, 4.69) is 15.4 Å². The Kier molecular flexibility index (Phi) is 5.83. The van der Waals surface area contributed by atoms with E-state index >= 15 is 0 Å². The molecular formula is C22H22FN5O2.